The van der Waals surface area contributed by atoms with Crippen LogP contribution in [-0.4, -0.2) is 13.0 Å². The van der Waals surface area contributed by atoms with Crippen LogP contribution in [0.3, 0.4) is 0 Å². The van der Waals surface area contributed by atoms with Crippen molar-refractivity contribution in [3.05, 3.63) is 96.4 Å². The monoisotopic (exact) mass is 578 g/mol. The summed E-state index contributed by atoms with van der Waals surface area (Å²) in [4.78, 5) is 12.5. The number of halogens is 4. The Morgan fingerprint density at radius 2 is 1.74 bits per heavy atom. The molecule has 0 unspecified atom stereocenters. The zero-order valence-electron chi connectivity index (χ0n) is 17.9. The van der Waals surface area contributed by atoms with E-state index >= 15 is 0 Å². The lowest BCUT2D eigenvalue weighted by Crippen LogP contribution is -2.23. The molecule has 0 radical (unpaired) electrons. The van der Waals surface area contributed by atoms with Gasteiger partial charge in [-0.15, -0.1) is 0 Å². The van der Waals surface area contributed by atoms with Crippen LogP contribution in [0.2, 0.25) is 15.1 Å². The average molecular weight is 581 g/mol. The molecule has 0 spiro atoms. The van der Waals surface area contributed by atoms with Crippen LogP contribution in [0, 0.1) is 11.3 Å². The molecular formula is C25H18BrCl3N2O3. The van der Waals surface area contributed by atoms with Gasteiger partial charge in [0.1, 0.15) is 24.0 Å². The summed E-state index contributed by atoms with van der Waals surface area (Å²) in [5.41, 5.74) is 2.21. The van der Waals surface area contributed by atoms with Crippen LogP contribution in [0.15, 0.2) is 64.6 Å². The van der Waals surface area contributed by atoms with Crippen molar-refractivity contribution >= 4 is 62.7 Å². The van der Waals surface area contributed by atoms with E-state index in [4.69, 9.17) is 44.3 Å². The fourth-order valence-corrected chi connectivity index (χ4v) is 4.23. The van der Waals surface area contributed by atoms with E-state index in [-0.39, 0.29) is 18.7 Å². The number of hydrogen-bond donors (Lipinski definition) is 1. The highest BCUT2D eigenvalue weighted by Gasteiger charge is 2.13. The van der Waals surface area contributed by atoms with E-state index in [2.05, 4.69) is 21.2 Å². The topological polar surface area (TPSA) is 71.3 Å². The minimum atomic E-state index is -0.495. The highest BCUT2D eigenvalue weighted by molar-refractivity contribution is 9.10. The van der Waals surface area contributed by atoms with Gasteiger partial charge in [0.05, 0.1) is 26.7 Å². The molecule has 0 aliphatic carbocycles. The van der Waals surface area contributed by atoms with Gasteiger partial charge in [0, 0.05) is 6.54 Å². The summed E-state index contributed by atoms with van der Waals surface area (Å²) >= 11 is 21.8. The van der Waals surface area contributed by atoms with Crippen molar-refractivity contribution in [3.8, 4) is 17.6 Å². The van der Waals surface area contributed by atoms with E-state index in [1.807, 2.05) is 18.2 Å². The Morgan fingerprint density at radius 1 is 1.03 bits per heavy atom. The molecule has 3 aromatic rings. The number of ether oxygens (including phenoxy) is 2. The zero-order chi connectivity index (χ0) is 24.7. The van der Waals surface area contributed by atoms with Crippen LogP contribution in [0.1, 0.15) is 16.7 Å². The van der Waals surface area contributed by atoms with Crippen molar-refractivity contribution in [1.29, 1.82) is 5.26 Å². The number of rotatable bonds is 8. The van der Waals surface area contributed by atoms with Gasteiger partial charge in [0.25, 0.3) is 5.91 Å². The molecule has 0 aliphatic rings. The molecule has 1 amide bonds. The molecule has 0 heterocycles. The summed E-state index contributed by atoms with van der Waals surface area (Å²) in [5, 5.41) is 13.4. The third-order valence-electron chi connectivity index (χ3n) is 4.68. The number of hydrogen-bond acceptors (Lipinski definition) is 4. The standard InChI is InChI=1S/C25H18BrCl3N2O3/c1-33-19-5-2-15(3-6-19)13-31-25(32)18(12-30)8-17-9-20(26)24(23(29)11-17)34-14-16-4-7-21(27)22(28)10-16/h2-11H,13-14H2,1H3,(H,31,32)/b18-8-. The molecule has 9 heteroatoms. The SMILES string of the molecule is COc1ccc(CNC(=O)/C(C#N)=C\c2cc(Cl)c(OCc3ccc(Cl)c(Cl)c3)c(Br)c2)cc1. The van der Waals surface area contributed by atoms with Crippen LogP contribution in [0.4, 0.5) is 0 Å². The number of nitrogens with one attached hydrogen (secondary N) is 1. The Labute approximate surface area is 221 Å². The first-order chi connectivity index (χ1) is 16.3. The van der Waals surface area contributed by atoms with Crippen LogP contribution in [0.25, 0.3) is 6.08 Å². The first-order valence-corrected chi connectivity index (χ1v) is 11.8. The van der Waals surface area contributed by atoms with Gasteiger partial charge in [-0.2, -0.15) is 5.26 Å². The lowest BCUT2D eigenvalue weighted by molar-refractivity contribution is -0.117. The lowest BCUT2D eigenvalue weighted by atomic mass is 10.1. The number of benzene rings is 3. The average Bonchev–Trinajstić information content (AvgIpc) is 2.83. The Morgan fingerprint density at radius 3 is 2.35 bits per heavy atom. The molecular weight excluding hydrogens is 563 g/mol. The van der Waals surface area contributed by atoms with Crippen molar-refractivity contribution in [2.45, 2.75) is 13.2 Å². The maximum atomic E-state index is 12.5. The van der Waals surface area contributed by atoms with E-state index < -0.39 is 5.91 Å². The summed E-state index contributed by atoms with van der Waals surface area (Å²) in [6, 6.07) is 17.7. The number of carbonyl (C=O) groups is 1. The van der Waals surface area contributed by atoms with Gasteiger partial charge in [-0.25, -0.2) is 0 Å². The molecule has 0 saturated heterocycles. The Hall–Kier alpha value is -2.69. The Balaban J connectivity index is 1.69. The molecule has 0 saturated carbocycles. The molecule has 0 bridgehead atoms. The van der Waals surface area contributed by atoms with Crippen molar-refractivity contribution in [2.75, 3.05) is 7.11 Å². The van der Waals surface area contributed by atoms with E-state index in [1.54, 1.807) is 49.6 Å². The fraction of sp³-hybridized carbons (Fsp3) is 0.120. The van der Waals surface area contributed by atoms with Gasteiger partial charge < -0.3 is 14.8 Å². The lowest BCUT2D eigenvalue weighted by Gasteiger charge is -2.12. The molecule has 0 fully saturated rings. The quantitative estimate of drug-likeness (QED) is 0.226. The van der Waals surface area contributed by atoms with Gasteiger partial charge in [-0.05, 0) is 75.1 Å². The van der Waals surface area contributed by atoms with E-state index in [0.717, 1.165) is 16.9 Å². The first-order valence-electron chi connectivity index (χ1n) is 9.89. The number of methoxy groups -OCH3 is 1. The van der Waals surface area contributed by atoms with E-state index in [0.29, 0.717) is 30.9 Å². The number of nitriles is 1. The normalized spacial score (nSPS) is 11.0. The molecule has 0 aliphatic heterocycles. The second-order valence-electron chi connectivity index (χ2n) is 7.05. The second kappa shape index (κ2) is 12.1. The molecule has 3 aromatic carbocycles. The largest absolute Gasteiger partial charge is 0.497 e. The van der Waals surface area contributed by atoms with Gasteiger partial charge in [0.15, 0.2) is 5.75 Å². The van der Waals surface area contributed by atoms with Crippen molar-refractivity contribution in [1.82, 2.24) is 5.32 Å². The minimum Gasteiger partial charge on any atom is -0.497 e. The molecule has 174 valence electrons. The predicted octanol–water partition coefficient (Wildman–Crippen LogP) is 7.22. The van der Waals surface area contributed by atoms with Gasteiger partial charge in [-0.1, -0.05) is 53.0 Å². The summed E-state index contributed by atoms with van der Waals surface area (Å²) in [7, 11) is 1.58. The maximum Gasteiger partial charge on any atom is 0.262 e. The summed E-state index contributed by atoms with van der Waals surface area (Å²) in [6.07, 6.45) is 1.46. The molecule has 34 heavy (non-hydrogen) atoms. The van der Waals surface area contributed by atoms with Crippen molar-refractivity contribution in [3.63, 3.8) is 0 Å². The van der Waals surface area contributed by atoms with Crippen LogP contribution in [0.5, 0.6) is 11.5 Å². The smallest absolute Gasteiger partial charge is 0.262 e. The van der Waals surface area contributed by atoms with E-state index in [1.165, 1.54) is 6.08 Å². The number of carbonyl (C=O) groups excluding carboxylic acids is 1. The third-order valence-corrected chi connectivity index (χ3v) is 6.28. The van der Waals surface area contributed by atoms with Gasteiger partial charge in [-0.3, -0.25) is 4.79 Å². The highest BCUT2D eigenvalue weighted by Crippen LogP contribution is 2.36. The van der Waals surface area contributed by atoms with Crippen LogP contribution < -0.4 is 14.8 Å². The Kier molecular flexibility index (Phi) is 9.26. The van der Waals surface area contributed by atoms with Crippen LogP contribution >= 0.6 is 50.7 Å². The molecule has 1 N–H and O–H groups in total. The molecule has 3 rings (SSSR count). The predicted molar refractivity (Wildman–Crippen MR) is 138 cm³/mol. The highest BCUT2D eigenvalue weighted by atomic mass is 79.9. The fourth-order valence-electron chi connectivity index (χ4n) is 2.92. The third kappa shape index (κ3) is 6.91. The number of amides is 1. The zero-order valence-corrected chi connectivity index (χ0v) is 21.7. The van der Waals surface area contributed by atoms with Crippen molar-refractivity contribution in [2.24, 2.45) is 0 Å². The second-order valence-corrected chi connectivity index (χ2v) is 9.13. The van der Waals surface area contributed by atoms with Gasteiger partial charge >= 0.3 is 0 Å². The van der Waals surface area contributed by atoms with Crippen LogP contribution in [-0.2, 0) is 17.9 Å². The minimum absolute atomic E-state index is 0.0547. The molecule has 0 aromatic heterocycles. The van der Waals surface area contributed by atoms with Crippen molar-refractivity contribution < 1.29 is 14.3 Å². The summed E-state index contributed by atoms with van der Waals surface area (Å²) in [5.74, 6) is 0.650. The molecule has 5 nitrogen and oxygen atoms in total. The number of nitrogens with zero attached hydrogens (tertiary/aromatic N) is 1. The van der Waals surface area contributed by atoms with Gasteiger partial charge in [0.2, 0.25) is 0 Å². The van der Waals surface area contributed by atoms with E-state index in [9.17, 15) is 10.1 Å². The maximum absolute atomic E-state index is 12.5. The summed E-state index contributed by atoms with van der Waals surface area (Å²) < 4.78 is 11.5. The Bertz CT molecular complexity index is 1250. The molecule has 0 atom stereocenters. The summed E-state index contributed by atoms with van der Waals surface area (Å²) in [6.45, 7) is 0.495. The first kappa shape index (κ1) is 25.9.